The number of para-hydroxylation sites is 1. The topological polar surface area (TPSA) is 90.1 Å². The first kappa shape index (κ1) is 30.8. The predicted molar refractivity (Wildman–Crippen MR) is 164 cm³/mol. The van der Waals surface area contributed by atoms with Crippen LogP contribution in [0.1, 0.15) is 24.0 Å². The summed E-state index contributed by atoms with van der Waals surface area (Å²) in [4.78, 5) is 37.3. The number of aromatic amines is 1. The number of anilines is 1. The van der Waals surface area contributed by atoms with Gasteiger partial charge in [0.05, 0.1) is 13.2 Å². The van der Waals surface area contributed by atoms with Crippen LogP contribution >= 0.6 is 11.6 Å². The standard InChI is InChI=1S/C31H42ClN5O4/c1-21(26-18-33-27-9-7-6-8-25(26)27)29(34-31(39)36(12-14-40-4)13-15-41-5)30(38)37-20-22(19-35(2)3)16-23-17-24(32)10-11-28(23)37/h6-11,17-18,21-22,29,33H,12-16,19-20H2,1-5H3,(H,34,39)/t21?,22-,29?/m1/s1. The highest BCUT2D eigenvalue weighted by atomic mass is 35.5. The maximum Gasteiger partial charge on any atom is 0.318 e. The quantitative estimate of drug-likeness (QED) is 0.331. The smallest absolute Gasteiger partial charge is 0.318 e. The lowest BCUT2D eigenvalue weighted by molar-refractivity contribution is -0.121. The summed E-state index contributed by atoms with van der Waals surface area (Å²) >= 11 is 6.38. The Hall–Kier alpha value is -3.11. The van der Waals surface area contributed by atoms with E-state index in [0.717, 1.165) is 40.7 Å². The average Bonchev–Trinajstić information content (AvgIpc) is 3.38. The molecule has 222 valence electrons. The number of carbonyl (C=O) groups excluding carboxylic acids is 2. The minimum absolute atomic E-state index is 0.151. The van der Waals surface area contributed by atoms with Crippen LogP contribution in [0.15, 0.2) is 48.7 Å². The third kappa shape index (κ3) is 7.40. The molecular weight excluding hydrogens is 542 g/mol. The molecule has 0 fully saturated rings. The fourth-order valence-corrected chi connectivity index (χ4v) is 5.92. The molecule has 1 aliphatic heterocycles. The van der Waals surface area contributed by atoms with Gasteiger partial charge >= 0.3 is 6.03 Å². The highest BCUT2D eigenvalue weighted by molar-refractivity contribution is 6.30. The van der Waals surface area contributed by atoms with Gasteiger partial charge in [0, 0.05) is 74.1 Å². The number of benzene rings is 2. The summed E-state index contributed by atoms with van der Waals surface area (Å²) in [7, 11) is 7.27. The van der Waals surface area contributed by atoms with Gasteiger partial charge in [-0.1, -0.05) is 36.7 Å². The molecule has 3 atom stereocenters. The van der Waals surface area contributed by atoms with E-state index < -0.39 is 6.04 Å². The van der Waals surface area contributed by atoms with Crippen molar-refractivity contribution in [2.24, 2.45) is 5.92 Å². The molecule has 0 bridgehead atoms. The van der Waals surface area contributed by atoms with Gasteiger partial charge in [0.25, 0.3) is 0 Å². The van der Waals surface area contributed by atoms with Gasteiger partial charge in [-0.05, 0) is 61.8 Å². The first-order valence-corrected chi connectivity index (χ1v) is 14.4. The number of ether oxygens (including phenoxy) is 2. The SMILES string of the molecule is COCCN(CCOC)C(=O)NC(C(=O)N1C[C@@H](CN(C)C)Cc2cc(Cl)ccc21)C(C)c1c[nH]c2ccccc12. The molecule has 41 heavy (non-hydrogen) atoms. The number of rotatable bonds is 12. The monoisotopic (exact) mass is 583 g/mol. The molecule has 2 N–H and O–H groups in total. The van der Waals surface area contributed by atoms with Crippen LogP contribution < -0.4 is 10.2 Å². The van der Waals surface area contributed by atoms with Crippen molar-refractivity contribution in [2.75, 3.05) is 72.6 Å². The average molecular weight is 584 g/mol. The van der Waals surface area contributed by atoms with Crippen molar-refractivity contribution < 1.29 is 19.1 Å². The molecule has 2 heterocycles. The molecule has 2 aromatic carbocycles. The molecule has 0 saturated heterocycles. The van der Waals surface area contributed by atoms with Gasteiger partial charge in [-0.25, -0.2) is 4.79 Å². The second-order valence-electron chi connectivity index (χ2n) is 11.0. The molecule has 0 spiro atoms. The summed E-state index contributed by atoms with van der Waals surface area (Å²) in [5.41, 5.74) is 3.83. The molecule has 0 saturated carbocycles. The number of hydrogen-bond acceptors (Lipinski definition) is 5. The van der Waals surface area contributed by atoms with E-state index in [1.165, 1.54) is 0 Å². The lowest BCUT2D eigenvalue weighted by Crippen LogP contribution is -2.57. The lowest BCUT2D eigenvalue weighted by Gasteiger charge is -2.39. The maximum absolute atomic E-state index is 14.6. The zero-order chi connectivity index (χ0) is 29.5. The number of H-pyrrole nitrogens is 1. The highest BCUT2D eigenvalue weighted by Crippen LogP contribution is 2.35. The summed E-state index contributed by atoms with van der Waals surface area (Å²) in [5.74, 6) is -0.250. The van der Waals surface area contributed by atoms with E-state index in [0.29, 0.717) is 37.9 Å². The van der Waals surface area contributed by atoms with Crippen molar-refractivity contribution in [1.29, 1.82) is 0 Å². The van der Waals surface area contributed by atoms with Gasteiger partial charge < -0.3 is 34.5 Å². The zero-order valence-corrected chi connectivity index (χ0v) is 25.4. The third-order valence-electron chi connectivity index (χ3n) is 7.75. The zero-order valence-electron chi connectivity index (χ0n) is 24.7. The molecule has 1 aliphatic rings. The number of hydrogen-bond donors (Lipinski definition) is 2. The van der Waals surface area contributed by atoms with Gasteiger partial charge in [0.2, 0.25) is 5.91 Å². The van der Waals surface area contributed by atoms with E-state index >= 15 is 0 Å². The third-order valence-corrected chi connectivity index (χ3v) is 7.98. The summed E-state index contributed by atoms with van der Waals surface area (Å²) in [5, 5.41) is 4.79. The second kappa shape index (κ2) is 14.2. The first-order valence-electron chi connectivity index (χ1n) is 14.1. The fraction of sp³-hybridized carbons (Fsp3) is 0.484. The number of nitrogens with zero attached hydrogens (tertiary/aromatic N) is 3. The Kier molecular flexibility index (Phi) is 10.7. The number of aromatic nitrogens is 1. The normalized spacial score (nSPS) is 16.5. The van der Waals surface area contributed by atoms with E-state index in [-0.39, 0.29) is 23.8 Å². The maximum atomic E-state index is 14.6. The van der Waals surface area contributed by atoms with Crippen molar-refractivity contribution >= 4 is 40.1 Å². The summed E-state index contributed by atoms with van der Waals surface area (Å²) in [6.07, 6.45) is 2.77. The Bertz CT molecular complexity index is 1320. The van der Waals surface area contributed by atoms with Crippen LogP contribution in [-0.4, -0.2) is 100 Å². The summed E-state index contributed by atoms with van der Waals surface area (Å²) < 4.78 is 10.5. The van der Waals surface area contributed by atoms with Crippen molar-refractivity contribution in [3.63, 3.8) is 0 Å². The number of nitrogens with one attached hydrogen (secondary N) is 2. The van der Waals surface area contributed by atoms with Crippen LogP contribution in [0.25, 0.3) is 10.9 Å². The van der Waals surface area contributed by atoms with Crippen molar-refractivity contribution in [1.82, 2.24) is 20.1 Å². The molecule has 1 aromatic heterocycles. The Balaban J connectivity index is 1.72. The number of halogens is 1. The number of amides is 3. The number of urea groups is 1. The highest BCUT2D eigenvalue weighted by Gasteiger charge is 2.38. The molecule has 10 heteroatoms. The fourth-order valence-electron chi connectivity index (χ4n) is 5.72. The Morgan fingerprint density at radius 1 is 1.12 bits per heavy atom. The predicted octanol–water partition coefficient (Wildman–Crippen LogP) is 4.36. The van der Waals surface area contributed by atoms with Gasteiger partial charge in [0.1, 0.15) is 6.04 Å². The van der Waals surface area contributed by atoms with Crippen molar-refractivity contribution in [3.05, 3.63) is 64.8 Å². The number of fused-ring (bicyclic) bond motifs is 2. The molecule has 0 radical (unpaired) electrons. The summed E-state index contributed by atoms with van der Waals surface area (Å²) in [6.45, 7) is 4.88. The van der Waals surface area contributed by atoms with Crippen LogP contribution in [-0.2, 0) is 20.7 Å². The molecule has 4 rings (SSSR count). The Labute approximate surface area is 247 Å². The molecule has 0 aliphatic carbocycles. The van der Waals surface area contributed by atoms with E-state index in [1.54, 1.807) is 19.1 Å². The largest absolute Gasteiger partial charge is 0.383 e. The lowest BCUT2D eigenvalue weighted by atomic mass is 9.88. The molecule has 3 aromatic rings. The van der Waals surface area contributed by atoms with E-state index in [9.17, 15) is 9.59 Å². The van der Waals surface area contributed by atoms with Crippen molar-refractivity contribution in [2.45, 2.75) is 25.3 Å². The van der Waals surface area contributed by atoms with Crippen LogP contribution in [0.3, 0.4) is 0 Å². The van der Waals surface area contributed by atoms with Crippen LogP contribution in [0, 0.1) is 5.92 Å². The van der Waals surface area contributed by atoms with Crippen LogP contribution in [0.5, 0.6) is 0 Å². The Morgan fingerprint density at radius 3 is 2.51 bits per heavy atom. The van der Waals surface area contributed by atoms with Crippen molar-refractivity contribution in [3.8, 4) is 0 Å². The van der Waals surface area contributed by atoms with Gasteiger partial charge in [0.15, 0.2) is 0 Å². The second-order valence-corrected chi connectivity index (χ2v) is 11.5. The first-order chi connectivity index (χ1) is 19.7. The van der Waals surface area contributed by atoms with E-state index in [1.807, 2.05) is 74.6 Å². The minimum atomic E-state index is -0.823. The van der Waals surface area contributed by atoms with E-state index in [2.05, 4.69) is 15.2 Å². The van der Waals surface area contributed by atoms with Gasteiger partial charge in [-0.3, -0.25) is 4.79 Å². The number of methoxy groups -OCH3 is 2. The van der Waals surface area contributed by atoms with Crippen LogP contribution in [0.4, 0.5) is 10.5 Å². The summed E-state index contributed by atoms with van der Waals surface area (Å²) in [6, 6.07) is 12.5. The van der Waals surface area contributed by atoms with E-state index in [4.69, 9.17) is 21.1 Å². The van der Waals surface area contributed by atoms with Gasteiger partial charge in [-0.15, -0.1) is 0 Å². The van der Waals surface area contributed by atoms with Crippen LogP contribution in [0.2, 0.25) is 5.02 Å². The Morgan fingerprint density at radius 2 is 1.83 bits per heavy atom. The molecule has 3 amide bonds. The minimum Gasteiger partial charge on any atom is -0.383 e. The molecule has 2 unspecified atom stereocenters. The number of carbonyl (C=O) groups is 2. The molecule has 9 nitrogen and oxygen atoms in total. The van der Waals surface area contributed by atoms with Gasteiger partial charge in [-0.2, -0.15) is 0 Å². The molecular formula is C31H42ClN5O4.